The van der Waals surface area contributed by atoms with E-state index in [1.807, 2.05) is 0 Å². The summed E-state index contributed by atoms with van der Waals surface area (Å²) in [6.07, 6.45) is 2.05. The Morgan fingerprint density at radius 2 is 1.72 bits per heavy atom. The first kappa shape index (κ1) is 20.8. The van der Waals surface area contributed by atoms with Gasteiger partial charge in [0.05, 0.1) is 13.1 Å². The van der Waals surface area contributed by atoms with Crippen LogP contribution in [0, 0.1) is 0 Å². The van der Waals surface area contributed by atoms with Crippen molar-refractivity contribution >= 4 is 18.9 Å². The summed E-state index contributed by atoms with van der Waals surface area (Å²) >= 11 is 0. The maximum atomic E-state index is 9.43. The Kier molecular flexibility index (Phi) is 33.9. The molecule has 0 saturated heterocycles. The SMILES string of the molecule is CNCC=O.[N-]=[N+]=NNCC=O.[N-]=[NH+]NCC=O. The molecule has 0 aromatic carbocycles. The number of carbonyl (C=O) groups is 3. The van der Waals surface area contributed by atoms with Crippen molar-refractivity contribution in [1.82, 2.24) is 16.2 Å². The third-order valence-electron chi connectivity index (χ3n) is 0.842. The van der Waals surface area contributed by atoms with Crippen LogP contribution in [-0.4, -0.2) is 45.5 Å². The summed E-state index contributed by atoms with van der Waals surface area (Å²) in [5, 5.41) is 7.10. The molecule has 0 aliphatic heterocycles. The van der Waals surface area contributed by atoms with Gasteiger partial charge in [0.25, 0.3) is 0 Å². The molecule has 0 saturated carbocycles. The van der Waals surface area contributed by atoms with Crippen LogP contribution in [-0.2, 0) is 14.4 Å². The largest absolute Gasteiger partial charge is 0.313 e. The monoisotopic (exact) mass is 260 g/mol. The molecule has 0 spiro atoms. The number of likely N-dealkylation sites (N-methyl/N-ethyl adjacent to an activating group) is 1. The van der Waals surface area contributed by atoms with E-state index in [0.29, 0.717) is 19.1 Å². The fourth-order valence-corrected chi connectivity index (χ4v) is 0.280. The van der Waals surface area contributed by atoms with Crippen molar-refractivity contribution in [2.24, 2.45) is 5.22 Å². The summed E-state index contributed by atoms with van der Waals surface area (Å²) in [6, 6.07) is 0. The maximum absolute atomic E-state index is 9.43. The van der Waals surface area contributed by atoms with Crippen LogP contribution in [0.15, 0.2) is 5.22 Å². The number of nitrogens with zero attached hydrogens (tertiary/aromatic N) is 4. The normalized spacial score (nSPS) is 6.72. The zero-order valence-electron chi connectivity index (χ0n) is 9.87. The first-order valence-corrected chi connectivity index (χ1v) is 4.59. The highest BCUT2D eigenvalue weighted by atomic mass is 16.1. The van der Waals surface area contributed by atoms with E-state index in [1.165, 1.54) is 0 Å². The number of carbonyl (C=O) groups excluding carboxylic acids is 3. The van der Waals surface area contributed by atoms with Crippen LogP contribution in [0.2, 0.25) is 0 Å². The van der Waals surface area contributed by atoms with E-state index in [9.17, 15) is 14.4 Å². The van der Waals surface area contributed by atoms with Crippen LogP contribution < -0.4 is 21.4 Å². The van der Waals surface area contributed by atoms with Gasteiger partial charge in [-0.25, -0.2) is 0 Å². The second kappa shape index (κ2) is 29.3. The molecule has 0 aromatic heterocycles. The number of hydrogen-bond acceptors (Lipinski definition) is 5. The predicted octanol–water partition coefficient (Wildman–Crippen LogP) is -2.80. The summed E-state index contributed by atoms with van der Waals surface area (Å²) in [5.74, 6) is 0. The summed E-state index contributed by atoms with van der Waals surface area (Å²) < 4.78 is 0. The Bertz CT molecular complexity index is 245. The molecule has 0 fully saturated rings. The zero-order valence-corrected chi connectivity index (χ0v) is 9.87. The Morgan fingerprint density at radius 3 is 1.94 bits per heavy atom. The lowest BCUT2D eigenvalue weighted by Crippen LogP contribution is -2.75. The minimum Gasteiger partial charge on any atom is -0.313 e. The average Bonchev–Trinajstić information content (AvgIpc) is 2.39. The molecule has 102 valence electrons. The number of nitrogens with one attached hydrogen (secondary N) is 4. The number of hydrazine groups is 1. The van der Waals surface area contributed by atoms with E-state index in [4.69, 9.17) is 11.1 Å². The van der Waals surface area contributed by atoms with Gasteiger partial charge in [-0.15, -0.1) is 5.53 Å². The van der Waals surface area contributed by atoms with Crippen LogP contribution >= 0.6 is 0 Å². The standard InChI is InChI=1S/C3H7NO.C2H4N4O.C2H5N3O/c1-4-2-3-5;3-5-6-4-1-2-7;3-5-4-1-2-6/h3-4H,2H2,1H3;2,4H,1H2;2,5H,1H2,(H-,3,4). The average molecular weight is 260 g/mol. The van der Waals surface area contributed by atoms with E-state index in [0.717, 1.165) is 6.29 Å². The molecule has 0 unspecified atom stereocenters. The molecule has 18 heavy (non-hydrogen) atoms. The number of aldehydes is 3. The van der Waals surface area contributed by atoms with Crippen molar-refractivity contribution in [1.29, 1.82) is 0 Å². The van der Waals surface area contributed by atoms with Crippen molar-refractivity contribution in [2.45, 2.75) is 0 Å². The van der Waals surface area contributed by atoms with Crippen molar-refractivity contribution in [3.05, 3.63) is 16.0 Å². The van der Waals surface area contributed by atoms with Crippen LogP contribution in [0.3, 0.4) is 0 Å². The fourth-order valence-electron chi connectivity index (χ4n) is 0.280. The van der Waals surface area contributed by atoms with Crippen molar-refractivity contribution in [3.63, 3.8) is 0 Å². The van der Waals surface area contributed by atoms with E-state index in [2.05, 4.69) is 26.3 Å². The lowest BCUT2D eigenvalue weighted by Gasteiger charge is -1.82. The minimum atomic E-state index is 0.0735. The molecule has 0 bridgehead atoms. The van der Waals surface area contributed by atoms with Gasteiger partial charge < -0.3 is 14.9 Å². The Morgan fingerprint density at radius 1 is 1.17 bits per heavy atom. The summed E-state index contributed by atoms with van der Waals surface area (Å²) in [5.41, 5.74) is 19.5. The second-order valence-corrected chi connectivity index (χ2v) is 2.10. The van der Waals surface area contributed by atoms with Gasteiger partial charge in [-0.2, -0.15) is 15.7 Å². The number of azide groups is 1. The first-order valence-electron chi connectivity index (χ1n) is 4.59. The predicted molar refractivity (Wildman–Crippen MR) is 61.6 cm³/mol. The Hall–Kier alpha value is -2.52. The summed E-state index contributed by atoms with van der Waals surface area (Å²) in [6.45, 7) is 0.653. The summed E-state index contributed by atoms with van der Waals surface area (Å²) in [7, 11) is 1.73. The molecule has 0 aliphatic carbocycles. The van der Waals surface area contributed by atoms with Gasteiger partial charge in [0.2, 0.25) is 0 Å². The highest BCUT2D eigenvalue weighted by molar-refractivity contribution is 5.52. The quantitative estimate of drug-likeness (QED) is 0.0915. The molecule has 4 N–H and O–H groups in total. The van der Waals surface area contributed by atoms with Crippen molar-refractivity contribution in [2.75, 3.05) is 26.7 Å². The molecule has 0 amide bonds. The van der Waals surface area contributed by atoms with Gasteiger partial charge in [0, 0.05) is 0 Å². The molecule has 0 radical (unpaired) electrons. The Balaban J connectivity index is -0.000000190. The molecule has 0 heterocycles. The van der Waals surface area contributed by atoms with Crippen LogP contribution in [0.25, 0.3) is 16.0 Å². The van der Waals surface area contributed by atoms with Crippen molar-refractivity contribution in [3.8, 4) is 0 Å². The van der Waals surface area contributed by atoms with Gasteiger partial charge in [0.1, 0.15) is 19.1 Å². The van der Waals surface area contributed by atoms with Crippen molar-refractivity contribution < 1.29 is 19.6 Å². The Labute approximate surface area is 103 Å². The highest BCUT2D eigenvalue weighted by Crippen LogP contribution is 1.54. The van der Waals surface area contributed by atoms with Crippen LogP contribution in [0.1, 0.15) is 0 Å². The molecule has 0 atom stereocenters. The lowest BCUT2D eigenvalue weighted by molar-refractivity contribution is -0.545. The third-order valence-corrected chi connectivity index (χ3v) is 0.842. The first-order chi connectivity index (χ1) is 8.74. The molecule has 11 nitrogen and oxygen atoms in total. The lowest BCUT2D eigenvalue weighted by atomic mass is 10.7. The van der Waals surface area contributed by atoms with Gasteiger partial charge >= 0.3 is 0 Å². The van der Waals surface area contributed by atoms with E-state index in [-0.39, 0.29) is 13.1 Å². The fraction of sp³-hybridized carbons (Fsp3) is 0.571. The van der Waals surface area contributed by atoms with Gasteiger partial charge in [-0.05, 0) is 12.3 Å². The molecule has 11 heteroatoms. The number of hydrogen-bond donors (Lipinski definition) is 4. The zero-order chi connectivity index (χ0) is 14.5. The van der Waals surface area contributed by atoms with E-state index >= 15 is 0 Å². The van der Waals surface area contributed by atoms with Gasteiger partial charge in [-0.3, -0.25) is 15.6 Å². The maximum Gasteiger partial charge on any atom is 0.161 e. The smallest absolute Gasteiger partial charge is 0.161 e. The number of rotatable bonds is 8. The second-order valence-electron chi connectivity index (χ2n) is 2.10. The van der Waals surface area contributed by atoms with Gasteiger partial charge in [-0.1, -0.05) is 0 Å². The van der Waals surface area contributed by atoms with Crippen LogP contribution in [0.5, 0.6) is 0 Å². The molecule has 0 aromatic rings. The third kappa shape index (κ3) is 50.0. The van der Waals surface area contributed by atoms with E-state index in [1.54, 1.807) is 12.3 Å². The summed E-state index contributed by atoms with van der Waals surface area (Å²) in [4.78, 5) is 30.5. The molecule has 0 aliphatic rings. The molecular weight excluding hydrogens is 244 g/mol. The molecular formula is C7H16N8O3. The molecule has 0 rings (SSSR count). The van der Waals surface area contributed by atoms with Crippen LogP contribution in [0.4, 0.5) is 0 Å². The highest BCUT2D eigenvalue weighted by Gasteiger charge is 1.71. The van der Waals surface area contributed by atoms with Gasteiger partial charge in [0.15, 0.2) is 6.29 Å². The topological polar surface area (TPSA) is 172 Å². The minimum absolute atomic E-state index is 0.0735. The van der Waals surface area contributed by atoms with E-state index < -0.39 is 0 Å².